The molecule has 1 aromatic rings. The van der Waals surface area contributed by atoms with Crippen LogP contribution in [0.4, 0.5) is 0 Å². The number of aliphatic hydroxyl groups excluding tert-OH is 1. The summed E-state index contributed by atoms with van der Waals surface area (Å²) in [6, 6.07) is 5.89. The smallest absolute Gasteiger partial charge is 0.0972 e. The molecule has 0 radical (unpaired) electrons. The summed E-state index contributed by atoms with van der Waals surface area (Å²) in [6.07, 6.45) is 6.94. The molecule has 1 aromatic heterocycles. The molecule has 1 saturated carbocycles. The lowest BCUT2D eigenvalue weighted by Gasteiger charge is -2.20. The second kappa shape index (κ2) is 7.88. The average molecular weight is 280 g/mol. The van der Waals surface area contributed by atoms with Gasteiger partial charge in [-0.15, -0.1) is 11.8 Å². The highest BCUT2D eigenvalue weighted by atomic mass is 32.2. The molecule has 1 heterocycles. The molecule has 106 valence electrons. The molecule has 2 rings (SSSR count). The fourth-order valence-corrected chi connectivity index (χ4v) is 3.64. The van der Waals surface area contributed by atoms with Crippen molar-refractivity contribution in [2.75, 3.05) is 12.3 Å². The van der Waals surface area contributed by atoms with E-state index < -0.39 is 6.10 Å². The summed E-state index contributed by atoms with van der Waals surface area (Å²) in [5, 5.41) is 10.9. The van der Waals surface area contributed by atoms with Crippen molar-refractivity contribution in [1.29, 1.82) is 0 Å². The van der Waals surface area contributed by atoms with Crippen LogP contribution in [0.15, 0.2) is 23.2 Å². The maximum atomic E-state index is 9.91. The second-order valence-electron chi connectivity index (χ2n) is 5.31. The van der Waals surface area contributed by atoms with Crippen molar-refractivity contribution in [2.45, 2.75) is 49.7 Å². The Morgan fingerprint density at radius 2 is 2.11 bits per heavy atom. The maximum Gasteiger partial charge on any atom is 0.0972 e. The van der Waals surface area contributed by atoms with Gasteiger partial charge in [0.2, 0.25) is 0 Å². The first-order chi connectivity index (χ1) is 9.29. The lowest BCUT2D eigenvalue weighted by molar-refractivity contribution is 0.165. The minimum absolute atomic E-state index is 0.488. The largest absolute Gasteiger partial charge is 0.387 e. The quantitative estimate of drug-likeness (QED) is 0.786. The van der Waals surface area contributed by atoms with Crippen LogP contribution < -0.4 is 5.73 Å². The van der Waals surface area contributed by atoms with E-state index in [9.17, 15) is 5.11 Å². The summed E-state index contributed by atoms with van der Waals surface area (Å²) < 4.78 is 0. The predicted octanol–water partition coefficient (Wildman–Crippen LogP) is 3.14. The van der Waals surface area contributed by atoms with Crippen LogP contribution in [0.2, 0.25) is 0 Å². The van der Waals surface area contributed by atoms with Crippen molar-refractivity contribution in [3.8, 4) is 0 Å². The average Bonchev–Trinajstić information content (AvgIpc) is 2.47. The summed E-state index contributed by atoms with van der Waals surface area (Å²) in [5.74, 6) is 2.00. The number of aromatic nitrogens is 1. The SMILES string of the molecule is NCC[C@@H](O)c1cccc(SCC2CCCCC2)n1. The zero-order valence-electron chi connectivity index (χ0n) is 11.4. The van der Waals surface area contributed by atoms with Gasteiger partial charge in [-0.2, -0.15) is 0 Å². The summed E-state index contributed by atoms with van der Waals surface area (Å²) in [4.78, 5) is 4.53. The Balaban J connectivity index is 1.87. The van der Waals surface area contributed by atoms with Crippen molar-refractivity contribution < 1.29 is 5.11 Å². The summed E-state index contributed by atoms with van der Waals surface area (Å²) >= 11 is 1.82. The van der Waals surface area contributed by atoms with Gasteiger partial charge in [0.1, 0.15) is 0 Å². The van der Waals surface area contributed by atoms with Gasteiger partial charge >= 0.3 is 0 Å². The number of nitrogens with two attached hydrogens (primary N) is 1. The number of hydrogen-bond donors (Lipinski definition) is 2. The summed E-state index contributed by atoms with van der Waals surface area (Å²) in [6.45, 7) is 0.488. The Kier molecular flexibility index (Phi) is 6.14. The van der Waals surface area contributed by atoms with Crippen LogP contribution in [0, 0.1) is 5.92 Å². The molecular formula is C15H24N2OS. The Morgan fingerprint density at radius 3 is 2.84 bits per heavy atom. The molecule has 0 amide bonds. The Hall–Kier alpha value is -0.580. The molecule has 1 atom stereocenters. The van der Waals surface area contributed by atoms with E-state index in [1.54, 1.807) is 0 Å². The molecule has 3 N–H and O–H groups in total. The number of rotatable bonds is 6. The first kappa shape index (κ1) is 14.8. The third-order valence-corrected chi connectivity index (χ3v) is 4.88. The van der Waals surface area contributed by atoms with Crippen LogP contribution in [0.3, 0.4) is 0 Å². The van der Waals surface area contributed by atoms with Crippen molar-refractivity contribution in [2.24, 2.45) is 11.7 Å². The molecule has 0 saturated heterocycles. The highest BCUT2D eigenvalue weighted by molar-refractivity contribution is 7.99. The van der Waals surface area contributed by atoms with Crippen LogP contribution in [-0.2, 0) is 0 Å². The minimum atomic E-state index is -0.528. The Morgan fingerprint density at radius 1 is 1.32 bits per heavy atom. The van der Waals surface area contributed by atoms with E-state index >= 15 is 0 Å². The number of hydrogen-bond acceptors (Lipinski definition) is 4. The molecule has 0 spiro atoms. The van der Waals surface area contributed by atoms with E-state index in [4.69, 9.17) is 5.73 Å². The van der Waals surface area contributed by atoms with Gasteiger partial charge in [0.05, 0.1) is 16.8 Å². The van der Waals surface area contributed by atoms with E-state index in [0.29, 0.717) is 13.0 Å². The lowest BCUT2D eigenvalue weighted by atomic mass is 9.91. The zero-order valence-corrected chi connectivity index (χ0v) is 12.2. The molecule has 3 nitrogen and oxygen atoms in total. The van der Waals surface area contributed by atoms with Gasteiger partial charge in [-0.3, -0.25) is 0 Å². The van der Waals surface area contributed by atoms with Crippen LogP contribution in [-0.4, -0.2) is 22.4 Å². The highest BCUT2D eigenvalue weighted by Crippen LogP contribution is 2.29. The minimum Gasteiger partial charge on any atom is -0.387 e. The molecule has 1 aliphatic rings. The van der Waals surface area contributed by atoms with E-state index in [2.05, 4.69) is 4.98 Å². The topological polar surface area (TPSA) is 59.1 Å². The van der Waals surface area contributed by atoms with Gasteiger partial charge < -0.3 is 10.8 Å². The van der Waals surface area contributed by atoms with Crippen LogP contribution in [0.25, 0.3) is 0 Å². The van der Waals surface area contributed by atoms with E-state index in [-0.39, 0.29) is 0 Å². The van der Waals surface area contributed by atoms with Crippen molar-refractivity contribution in [1.82, 2.24) is 4.98 Å². The van der Waals surface area contributed by atoms with E-state index in [0.717, 1.165) is 22.4 Å². The zero-order chi connectivity index (χ0) is 13.5. The van der Waals surface area contributed by atoms with Crippen molar-refractivity contribution >= 4 is 11.8 Å². The van der Waals surface area contributed by atoms with Crippen molar-refractivity contribution in [3.05, 3.63) is 23.9 Å². The fourth-order valence-electron chi connectivity index (χ4n) is 2.56. The van der Waals surface area contributed by atoms with Gasteiger partial charge in [0.25, 0.3) is 0 Å². The molecule has 0 aromatic carbocycles. The summed E-state index contributed by atoms with van der Waals surface area (Å²) in [7, 11) is 0. The van der Waals surface area contributed by atoms with Crippen LogP contribution >= 0.6 is 11.8 Å². The number of aliphatic hydroxyl groups is 1. The van der Waals surface area contributed by atoms with Gasteiger partial charge in [-0.05, 0) is 43.9 Å². The second-order valence-corrected chi connectivity index (χ2v) is 6.35. The van der Waals surface area contributed by atoms with Gasteiger partial charge in [0.15, 0.2) is 0 Å². The van der Waals surface area contributed by atoms with E-state index in [1.807, 2.05) is 30.0 Å². The molecular weight excluding hydrogens is 256 g/mol. The Bertz CT molecular complexity index is 380. The molecule has 0 aliphatic heterocycles. The number of pyridine rings is 1. The van der Waals surface area contributed by atoms with Gasteiger partial charge in [0, 0.05) is 5.75 Å². The highest BCUT2D eigenvalue weighted by Gasteiger charge is 2.14. The first-order valence-electron chi connectivity index (χ1n) is 7.27. The normalized spacial score (nSPS) is 18.4. The third-order valence-electron chi connectivity index (χ3n) is 3.72. The van der Waals surface area contributed by atoms with Crippen molar-refractivity contribution in [3.63, 3.8) is 0 Å². The molecule has 0 unspecified atom stereocenters. The first-order valence-corrected chi connectivity index (χ1v) is 8.26. The number of thioether (sulfide) groups is 1. The van der Waals surface area contributed by atoms with Crippen LogP contribution in [0.1, 0.15) is 50.3 Å². The van der Waals surface area contributed by atoms with Crippen LogP contribution in [0.5, 0.6) is 0 Å². The molecule has 4 heteroatoms. The van der Waals surface area contributed by atoms with Gasteiger partial charge in [-0.25, -0.2) is 4.98 Å². The predicted molar refractivity (Wildman–Crippen MR) is 80.2 cm³/mol. The summed E-state index contributed by atoms with van der Waals surface area (Å²) in [5.41, 5.74) is 6.22. The standard InChI is InChI=1S/C15H24N2OS/c16-10-9-14(18)13-7-4-8-15(17-13)19-11-12-5-2-1-3-6-12/h4,7-8,12,14,18H,1-3,5-6,9-11,16H2/t14-/m1/s1. The molecule has 1 aliphatic carbocycles. The monoisotopic (exact) mass is 280 g/mol. The maximum absolute atomic E-state index is 9.91. The molecule has 1 fully saturated rings. The number of nitrogens with zero attached hydrogens (tertiary/aromatic N) is 1. The third kappa shape index (κ3) is 4.79. The fraction of sp³-hybridized carbons (Fsp3) is 0.667. The lowest BCUT2D eigenvalue weighted by Crippen LogP contribution is -2.10. The van der Waals surface area contributed by atoms with Gasteiger partial charge in [-0.1, -0.05) is 25.3 Å². The Labute approximate surface area is 120 Å². The molecule has 0 bridgehead atoms. The van der Waals surface area contributed by atoms with E-state index in [1.165, 1.54) is 32.1 Å². The molecule has 19 heavy (non-hydrogen) atoms.